The zero-order valence-corrected chi connectivity index (χ0v) is 7.69. The molecular weight excluding hydrogens is 210 g/mol. The Balaban J connectivity index is 3.27. The van der Waals surface area contributed by atoms with Crippen LogP contribution in [0.5, 0.6) is 5.75 Å². The molecule has 0 aromatic heterocycles. The van der Waals surface area contributed by atoms with Gasteiger partial charge in [-0.25, -0.2) is 0 Å². The molecule has 74 valence electrons. The Labute approximate surface area is 84.1 Å². The van der Waals surface area contributed by atoms with Crippen molar-refractivity contribution in [3.05, 3.63) is 33.9 Å². The molecule has 5 nitrogen and oxygen atoms in total. The van der Waals surface area contributed by atoms with Gasteiger partial charge in [0.05, 0.1) is 16.4 Å². The van der Waals surface area contributed by atoms with Gasteiger partial charge in [0, 0.05) is 6.07 Å². The monoisotopic (exact) mass is 215 g/mol. The molecule has 0 aliphatic heterocycles. The van der Waals surface area contributed by atoms with Gasteiger partial charge < -0.3 is 5.11 Å². The highest BCUT2D eigenvalue weighted by Crippen LogP contribution is 2.29. The summed E-state index contributed by atoms with van der Waals surface area (Å²) in [5.74, 6) is -1.51. The summed E-state index contributed by atoms with van der Waals surface area (Å²) in [6.45, 7) is 0. The van der Waals surface area contributed by atoms with Crippen molar-refractivity contribution in [2.75, 3.05) is 5.88 Å². The SMILES string of the molecule is O=C(CCl)c1cccc([N+](=O)[O-])c1O. The van der Waals surface area contributed by atoms with Crippen molar-refractivity contribution >= 4 is 23.1 Å². The van der Waals surface area contributed by atoms with Crippen LogP contribution in [0.3, 0.4) is 0 Å². The predicted octanol–water partition coefficient (Wildman–Crippen LogP) is 1.72. The highest BCUT2D eigenvalue weighted by atomic mass is 35.5. The van der Waals surface area contributed by atoms with Crippen molar-refractivity contribution in [2.45, 2.75) is 0 Å². The zero-order chi connectivity index (χ0) is 10.7. The second-order valence-corrected chi connectivity index (χ2v) is 2.75. The van der Waals surface area contributed by atoms with Crippen LogP contribution in [0.25, 0.3) is 0 Å². The number of Topliss-reactive ketones (excluding diaryl/α,β-unsaturated/α-hetero) is 1. The molecule has 0 bridgehead atoms. The number of hydrogen-bond donors (Lipinski definition) is 1. The van der Waals surface area contributed by atoms with E-state index >= 15 is 0 Å². The number of para-hydroxylation sites is 1. The van der Waals surface area contributed by atoms with Gasteiger partial charge in [0.1, 0.15) is 0 Å². The van der Waals surface area contributed by atoms with Crippen LogP contribution < -0.4 is 0 Å². The summed E-state index contributed by atoms with van der Waals surface area (Å²) in [6.07, 6.45) is 0. The summed E-state index contributed by atoms with van der Waals surface area (Å²) >= 11 is 5.26. The lowest BCUT2D eigenvalue weighted by Crippen LogP contribution is -2.02. The molecule has 0 fully saturated rings. The van der Waals surface area contributed by atoms with Gasteiger partial charge >= 0.3 is 5.69 Å². The molecule has 6 heteroatoms. The van der Waals surface area contributed by atoms with Gasteiger partial charge in [-0.15, -0.1) is 11.6 Å². The van der Waals surface area contributed by atoms with Crippen LogP contribution in [0.15, 0.2) is 18.2 Å². The molecule has 0 amide bonds. The minimum atomic E-state index is -0.764. The van der Waals surface area contributed by atoms with E-state index in [0.717, 1.165) is 6.07 Å². The normalized spacial score (nSPS) is 9.79. The largest absolute Gasteiger partial charge is 0.502 e. The first kappa shape index (κ1) is 10.5. The number of rotatable bonds is 3. The zero-order valence-electron chi connectivity index (χ0n) is 6.94. The summed E-state index contributed by atoms with van der Waals surface area (Å²) in [5, 5.41) is 19.7. The van der Waals surface area contributed by atoms with Gasteiger partial charge in [0.15, 0.2) is 5.78 Å². The maximum Gasteiger partial charge on any atom is 0.311 e. The Bertz CT molecular complexity index is 391. The number of benzene rings is 1. The Kier molecular flexibility index (Phi) is 3.03. The van der Waals surface area contributed by atoms with E-state index in [2.05, 4.69) is 0 Å². The third-order valence-electron chi connectivity index (χ3n) is 1.63. The van der Waals surface area contributed by atoms with Gasteiger partial charge in [-0.1, -0.05) is 6.07 Å². The molecule has 1 rings (SSSR count). The van der Waals surface area contributed by atoms with Crippen LogP contribution in [-0.4, -0.2) is 21.7 Å². The van der Waals surface area contributed by atoms with E-state index in [1.165, 1.54) is 12.1 Å². The van der Waals surface area contributed by atoms with Gasteiger partial charge in [-0.2, -0.15) is 0 Å². The van der Waals surface area contributed by atoms with E-state index in [1.807, 2.05) is 0 Å². The van der Waals surface area contributed by atoms with Gasteiger partial charge in [0.25, 0.3) is 0 Å². The van der Waals surface area contributed by atoms with E-state index in [4.69, 9.17) is 11.6 Å². The number of alkyl halides is 1. The molecule has 1 aromatic rings. The number of carbonyl (C=O) groups excluding carboxylic acids is 1. The molecule has 0 spiro atoms. The third-order valence-corrected chi connectivity index (χ3v) is 1.88. The van der Waals surface area contributed by atoms with Crippen molar-refractivity contribution < 1.29 is 14.8 Å². The van der Waals surface area contributed by atoms with Crippen LogP contribution in [0.1, 0.15) is 10.4 Å². The lowest BCUT2D eigenvalue weighted by Gasteiger charge is -2.00. The van der Waals surface area contributed by atoms with E-state index < -0.39 is 22.1 Å². The molecule has 0 saturated heterocycles. The summed E-state index contributed by atoms with van der Waals surface area (Å²) in [5.41, 5.74) is -0.629. The molecule has 14 heavy (non-hydrogen) atoms. The molecule has 1 aromatic carbocycles. The predicted molar refractivity (Wildman–Crippen MR) is 49.8 cm³/mol. The molecule has 0 aliphatic carbocycles. The second-order valence-electron chi connectivity index (χ2n) is 2.49. The summed E-state index contributed by atoms with van der Waals surface area (Å²) in [4.78, 5) is 20.7. The molecule has 0 unspecified atom stereocenters. The van der Waals surface area contributed by atoms with Crippen LogP contribution in [-0.2, 0) is 0 Å². The van der Waals surface area contributed by atoms with Crippen LogP contribution in [0.2, 0.25) is 0 Å². The fourth-order valence-electron chi connectivity index (χ4n) is 0.976. The van der Waals surface area contributed by atoms with Crippen molar-refractivity contribution in [1.29, 1.82) is 0 Å². The average Bonchev–Trinajstić information content (AvgIpc) is 2.16. The van der Waals surface area contributed by atoms with Gasteiger partial charge in [-0.05, 0) is 6.07 Å². The van der Waals surface area contributed by atoms with Crippen molar-refractivity contribution in [2.24, 2.45) is 0 Å². The van der Waals surface area contributed by atoms with Crippen LogP contribution in [0, 0.1) is 10.1 Å². The number of nitro groups is 1. The minimum absolute atomic E-state index is 0.130. The van der Waals surface area contributed by atoms with Gasteiger partial charge in [-0.3, -0.25) is 14.9 Å². The van der Waals surface area contributed by atoms with Crippen molar-refractivity contribution in [1.82, 2.24) is 0 Å². The fraction of sp³-hybridized carbons (Fsp3) is 0.125. The number of nitrogens with zero attached hydrogens (tertiary/aromatic N) is 1. The van der Waals surface area contributed by atoms with E-state index in [-0.39, 0.29) is 11.4 Å². The molecule has 0 atom stereocenters. The van der Waals surface area contributed by atoms with E-state index in [0.29, 0.717) is 0 Å². The van der Waals surface area contributed by atoms with Crippen molar-refractivity contribution in [3.8, 4) is 5.75 Å². The summed E-state index contributed by atoms with van der Waals surface area (Å²) < 4.78 is 0. The quantitative estimate of drug-likeness (QED) is 0.360. The smallest absolute Gasteiger partial charge is 0.311 e. The van der Waals surface area contributed by atoms with Crippen LogP contribution in [0.4, 0.5) is 5.69 Å². The number of nitro benzene ring substituents is 1. The Morgan fingerprint density at radius 2 is 2.21 bits per heavy atom. The first-order chi connectivity index (χ1) is 6.57. The Morgan fingerprint density at radius 3 is 2.71 bits per heavy atom. The number of phenolic OH excluding ortho intramolecular Hbond substituents is 1. The van der Waals surface area contributed by atoms with Gasteiger partial charge in [0.2, 0.25) is 5.75 Å². The molecule has 1 N–H and O–H groups in total. The fourth-order valence-corrected chi connectivity index (χ4v) is 1.12. The molecule has 0 saturated carbocycles. The number of carbonyl (C=O) groups is 1. The number of aromatic hydroxyl groups is 1. The molecule has 0 heterocycles. The molecule has 0 radical (unpaired) electrons. The first-order valence-electron chi connectivity index (χ1n) is 3.63. The van der Waals surface area contributed by atoms with Crippen LogP contribution >= 0.6 is 11.6 Å². The van der Waals surface area contributed by atoms with Crippen molar-refractivity contribution in [3.63, 3.8) is 0 Å². The Morgan fingerprint density at radius 1 is 1.57 bits per heavy atom. The lowest BCUT2D eigenvalue weighted by atomic mass is 10.1. The number of hydrogen-bond acceptors (Lipinski definition) is 4. The summed E-state index contributed by atoms with van der Waals surface area (Å²) in [7, 11) is 0. The highest BCUT2D eigenvalue weighted by molar-refractivity contribution is 6.30. The maximum atomic E-state index is 11.1. The molecular formula is C8H6ClNO4. The van der Waals surface area contributed by atoms with E-state index in [9.17, 15) is 20.0 Å². The maximum absolute atomic E-state index is 11.1. The molecule has 0 aliphatic rings. The lowest BCUT2D eigenvalue weighted by molar-refractivity contribution is -0.385. The Hall–Kier alpha value is -1.62. The number of phenols is 1. The van der Waals surface area contributed by atoms with E-state index in [1.54, 1.807) is 0 Å². The second kappa shape index (κ2) is 4.06. The minimum Gasteiger partial charge on any atom is -0.502 e. The average molecular weight is 216 g/mol. The topological polar surface area (TPSA) is 80.4 Å². The number of halogens is 1. The summed E-state index contributed by atoms with van der Waals surface area (Å²) in [6, 6.07) is 3.71. The first-order valence-corrected chi connectivity index (χ1v) is 4.17. The standard InChI is InChI=1S/C8H6ClNO4/c9-4-7(11)5-2-1-3-6(8(5)12)10(13)14/h1-3,12H,4H2. The third kappa shape index (κ3) is 1.82. The highest BCUT2D eigenvalue weighted by Gasteiger charge is 2.19. The number of ketones is 1.